The highest BCUT2D eigenvalue weighted by Crippen LogP contribution is 2.35. The predicted octanol–water partition coefficient (Wildman–Crippen LogP) is 3.90. The van der Waals surface area contributed by atoms with Gasteiger partial charge in [-0.05, 0) is 12.1 Å². The lowest BCUT2D eigenvalue weighted by Crippen LogP contribution is -2.11. The molecule has 1 aromatic heterocycles. The van der Waals surface area contributed by atoms with Crippen molar-refractivity contribution >= 4 is 23.2 Å². The van der Waals surface area contributed by atoms with E-state index in [-0.39, 0.29) is 5.95 Å². The number of nitrogens with zero attached hydrogens (tertiary/aromatic N) is 2. The number of rotatable bonds is 3. The Morgan fingerprint density at radius 1 is 1.25 bits per heavy atom. The van der Waals surface area contributed by atoms with Crippen LogP contribution >= 0.6 is 11.6 Å². The predicted molar refractivity (Wildman–Crippen MR) is 68.3 cm³/mol. The third kappa shape index (κ3) is 3.11. The van der Waals surface area contributed by atoms with Gasteiger partial charge < -0.3 is 10.1 Å². The number of hydrogen-bond donors (Lipinski definition) is 1. The molecule has 2 aromatic rings. The van der Waals surface area contributed by atoms with Gasteiger partial charge in [0, 0.05) is 6.20 Å². The SMILES string of the molecule is COc1nc(Nc2ccccc2Cl)ncc1C(F)(F)F. The molecule has 1 N–H and O–H groups in total. The second-order valence-corrected chi connectivity index (χ2v) is 4.13. The zero-order chi connectivity index (χ0) is 14.8. The van der Waals surface area contributed by atoms with Crippen LogP contribution in [0.25, 0.3) is 0 Å². The van der Waals surface area contributed by atoms with E-state index in [1.165, 1.54) is 0 Å². The van der Waals surface area contributed by atoms with Crippen LogP contribution in [-0.4, -0.2) is 17.1 Å². The second-order valence-electron chi connectivity index (χ2n) is 3.72. The Bertz CT molecular complexity index is 619. The van der Waals surface area contributed by atoms with E-state index in [4.69, 9.17) is 11.6 Å². The van der Waals surface area contributed by atoms with Gasteiger partial charge in [-0.2, -0.15) is 18.2 Å². The molecule has 0 aliphatic carbocycles. The molecular weight excluding hydrogens is 295 g/mol. The van der Waals surface area contributed by atoms with Crippen LogP contribution in [0, 0.1) is 0 Å². The molecule has 0 bridgehead atoms. The van der Waals surface area contributed by atoms with Crippen molar-refractivity contribution in [2.75, 3.05) is 12.4 Å². The minimum Gasteiger partial charge on any atom is -0.480 e. The van der Waals surface area contributed by atoms with Crippen molar-refractivity contribution in [3.63, 3.8) is 0 Å². The summed E-state index contributed by atoms with van der Waals surface area (Å²) < 4.78 is 42.6. The fraction of sp³-hybridized carbons (Fsp3) is 0.167. The van der Waals surface area contributed by atoms with Crippen molar-refractivity contribution in [2.24, 2.45) is 0 Å². The van der Waals surface area contributed by atoms with Crippen molar-refractivity contribution in [1.82, 2.24) is 9.97 Å². The number of nitrogens with one attached hydrogen (secondary N) is 1. The summed E-state index contributed by atoms with van der Waals surface area (Å²) in [4.78, 5) is 7.28. The van der Waals surface area contributed by atoms with Crippen molar-refractivity contribution in [1.29, 1.82) is 0 Å². The molecular formula is C12H9ClF3N3O. The summed E-state index contributed by atoms with van der Waals surface area (Å²) in [6.45, 7) is 0. The van der Waals surface area contributed by atoms with Crippen molar-refractivity contribution in [2.45, 2.75) is 6.18 Å². The maximum absolute atomic E-state index is 12.7. The molecule has 0 spiro atoms. The topological polar surface area (TPSA) is 47.0 Å². The van der Waals surface area contributed by atoms with Crippen LogP contribution in [0.4, 0.5) is 24.8 Å². The second kappa shape index (κ2) is 5.54. The smallest absolute Gasteiger partial charge is 0.423 e. The summed E-state index contributed by atoms with van der Waals surface area (Å²) in [6, 6.07) is 6.72. The lowest BCUT2D eigenvalue weighted by Gasteiger charge is -2.12. The number of aromatic nitrogens is 2. The zero-order valence-electron chi connectivity index (χ0n) is 10.2. The number of alkyl halides is 3. The van der Waals surface area contributed by atoms with Crippen LogP contribution in [0.1, 0.15) is 5.56 Å². The maximum Gasteiger partial charge on any atom is 0.423 e. The van der Waals surface area contributed by atoms with Gasteiger partial charge in [0.05, 0.1) is 17.8 Å². The molecule has 0 aliphatic heterocycles. The van der Waals surface area contributed by atoms with Gasteiger partial charge in [0.15, 0.2) is 0 Å². The lowest BCUT2D eigenvalue weighted by molar-refractivity contribution is -0.139. The van der Waals surface area contributed by atoms with Crippen LogP contribution < -0.4 is 10.1 Å². The van der Waals surface area contributed by atoms with Crippen molar-refractivity contribution in [3.05, 3.63) is 41.0 Å². The Hall–Kier alpha value is -2.02. The first-order valence-corrected chi connectivity index (χ1v) is 5.79. The number of hydrogen-bond acceptors (Lipinski definition) is 4. The van der Waals surface area contributed by atoms with Crippen molar-refractivity contribution < 1.29 is 17.9 Å². The van der Waals surface area contributed by atoms with Gasteiger partial charge in [0.25, 0.3) is 0 Å². The Morgan fingerprint density at radius 3 is 2.55 bits per heavy atom. The Kier molecular flexibility index (Phi) is 3.99. The molecule has 1 heterocycles. The monoisotopic (exact) mass is 303 g/mol. The quantitative estimate of drug-likeness (QED) is 0.934. The zero-order valence-corrected chi connectivity index (χ0v) is 11.0. The average Bonchev–Trinajstić information content (AvgIpc) is 2.40. The Balaban J connectivity index is 2.33. The normalized spacial score (nSPS) is 11.2. The molecule has 0 aliphatic rings. The first-order valence-electron chi connectivity index (χ1n) is 5.41. The summed E-state index contributed by atoms with van der Waals surface area (Å²) in [5, 5.41) is 3.12. The average molecular weight is 304 g/mol. The van der Waals surface area contributed by atoms with E-state index in [2.05, 4.69) is 20.0 Å². The highest BCUT2D eigenvalue weighted by atomic mass is 35.5. The van der Waals surface area contributed by atoms with Gasteiger partial charge in [-0.3, -0.25) is 0 Å². The van der Waals surface area contributed by atoms with E-state index in [0.717, 1.165) is 7.11 Å². The fourth-order valence-corrected chi connectivity index (χ4v) is 1.64. The Morgan fingerprint density at radius 2 is 1.95 bits per heavy atom. The standard InChI is InChI=1S/C12H9ClF3N3O/c1-20-10-7(12(14,15)16)6-17-11(19-10)18-9-5-3-2-4-8(9)13/h2-6H,1H3,(H,17,18,19). The minimum absolute atomic E-state index is 0.0389. The molecule has 0 fully saturated rings. The van der Waals surface area contributed by atoms with E-state index < -0.39 is 17.6 Å². The molecule has 8 heteroatoms. The summed E-state index contributed by atoms with van der Waals surface area (Å²) in [5.41, 5.74) is -0.555. The molecule has 0 unspecified atom stereocenters. The third-order valence-corrected chi connectivity index (χ3v) is 2.70. The summed E-state index contributed by atoms with van der Waals surface area (Å²) in [5.74, 6) is -0.593. The summed E-state index contributed by atoms with van der Waals surface area (Å²) >= 11 is 5.92. The van der Waals surface area contributed by atoms with Crippen LogP contribution in [0.15, 0.2) is 30.5 Å². The van der Waals surface area contributed by atoms with Crippen LogP contribution in [0.5, 0.6) is 5.88 Å². The molecule has 0 atom stereocenters. The van der Waals surface area contributed by atoms with E-state index in [1.807, 2.05) is 0 Å². The number of benzene rings is 1. The molecule has 1 aromatic carbocycles. The third-order valence-electron chi connectivity index (χ3n) is 2.37. The van der Waals surface area contributed by atoms with Crippen molar-refractivity contribution in [3.8, 4) is 5.88 Å². The van der Waals surface area contributed by atoms with Gasteiger partial charge in [-0.15, -0.1) is 0 Å². The maximum atomic E-state index is 12.7. The van der Waals surface area contributed by atoms with E-state index in [9.17, 15) is 13.2 Å². The van der Waals surface area contributed by atoms with Crippen LogP contribution in [0.3, 0.4) is 0 Å². The van der Waals surface area contributed by atoms with E-state index in [1.54, 1.807) is 24.3 Å². The van der Waals surface area contributed by atoms with Gasteiger partial charge in [-0.1, -0.05) is 23.7 Å². The fourth-order valence-electron chi connectivity index (χ4n) is 1.46. The highest BCUT2D eigenvalue weighted by molar-refractivity contribution is 6.33. The molecule has 4 nitrogen and oxygen atoms in total. The van der Waals surface area contributed by atoms with Crippen LogP contribution in [0.2, 0.25) is 5.02 Å². The molecule has 0 saturated carbocycles. The number of halogens is 4. The molecule has 106 valence electrons. The summed E-state index contributed by atoms with van der Waals surface area (Å²) in [6.07, 6.45) is -3.92. The van der Waals surface area contributed by atoms with Gasteiger partial charge >= 0.3 is 6.18 Å². The van der Waals surface area contributed by atoms with Gasteiger partial charge in [-0.25, -0.2) is 4.98 Å². The van der Waals surface area contributed by atoms with E-state index >= 15 is 0 Å². The largest absolute Gasteiger partial charge is 0.480 e. The molecule has 2 rings (SSSR count). The van der Waals surface area contributed by atoms with Gasteiger partial charge in [0.1, 0.15) is 5.56 Å². The first kappa shape index (κ1) is 14.4. The number of ether oxygens (including phenoxy) is 1. The molecule has 0 radical (unpaired) electrons. The number of anilines is 2. The van der Waals surface area contributed by atoms with Gasteiger partial charge in [0.2, 0.25) is 11.8 Å². The first-order chi connectivity index (χ1) is 9.41. The number of methoxy groups -OCH3 is 1. The summed E-state index contributed by atoms with van der Waals surface area (Å²) in [7, 11) is 1.11. The van der Waals surface area contributed by atoms with E-state index in [0.29, 0.717) is 16.9 Å². The van der Waals surface area contributed by atoms with Crippen LogP contribution in [-0.2, 0) is 6.18 Å². The number of para-hydroxylation sites is 1. The highest BCUT2D eigenvalue weighted by Gasteiger charge is 2.36. The Labute approximate surface area is 117 Å². The molecule has 20 heavy (non-hydrogen) atoms. The minimum atomic E-state index is -4.58. The lowest BCUT2D eigenvalue weighted by atomic mass is 10.3. The molecule has 0 amide bonds. The molecule has 0 saturated heterocycles.